The topological polar surface area (TPSA) is 63.7 Å². The lowest BCUT2D eigenvalue weighted by molar-refractivity contribution is -0.138. The smallest absolute Gasteiger partial charge is 0.263 e. The molecule has 1 aromatic carbocycles. The Morgan fingerprint density at radius 1 is 1.30 bits per heavy atom. The number of rotatable bonds is 4. The molecule has 0 spiro atoms. The molecule has 2 atom stereocenters. The van der Waals surface area contributed by atoms with Gasteiger partial charge >= 0.3 is 0 Å². The van der Waals surface area contributed by atoms with Crippen molar-refractivity contribution in [3.8, 4) is 5.75 Å². The molecule has 0 N–H and O–H groups in total. The van der Waals surface area contributed by atoms with Gasteiger partial charge in [0.05, 0.1) is 11.5 Å². The predicted molar refractivity (Wildman–Crippen MR) is 88.4 cm³/mol. The number of fused-ring (bicyclic) bond motifs is 1. The van der Waals surface area contributed by atoms with Crippen molar-refractivity contribution < 1.29 is 17.9 Å². The van der Waals surface area contributed by atoms with Gasteiger partial charge in [-0.1, -0.05) is 6.07 Å². The highest BCUT2D eigenvalue weighted by Gasteiger charge is 2.34. The SMILES string of the molecule is C[C@H](Oc1ccc2c(c1)CCC2)C(=O)N(C)[C@@H]1CCS(=O)(=O)C1. The number of likely N-dealkylation sites (N-methyl/N-ethyl adjacent to an activating group) is 1. The van der Waals surface area contributed by atoms with Crippen LogP contribution in [0.3, 0.4) is 0 Å². The molecule has 126 valence electrons. The van der Waals surface area contributed by atoms with E-state index in [1.54, 1.807) is 14.0 Å². The van der Waals surface area contributed by atoms with Gasteiger partial charge < -0.3 is 9.64 Å². The summed E-state index contributed by atoms with van der Waals surface area (Å²) in [7, 11) is -1.34. The van der Waals surface area contributed by atoms with Crippen molar-refractivity contribution in [3.63, 3.8) is 0 Å². The zero-order valence-electron chi connectivity index (χ0n) is 13.6. The number of aryl methyl sites for hydroxylation is 2. The maximum absolute atomic E-state index is 12.5. The highest BCUT2D eigenvalue weighted by Crippen LogP contribution is 2.27. The van der Waals surface area contributed by atoms with Crippen molar-refractivity contribution in [3.05, 3.63) is 29.3 Å². The lowest BCUT2D eigenvalue weighted by atomic mass is 10.1. The number of sulfone groups is 1. The molecular formula is C17H23NO4S. The van der Waals surface area contributed by atoms with Crippen molar-refractivity contribution in [2.45, 2.75) is 44.8 Å². The fraction of sp³-hybridized carbons (Fsp3) is 0.588. The Balaban J connectivity index is 1.63. The van der Waals surface area contributed by atoms with E-state index in [1.165, 1.54) is 22.4 Å². The van der Waals surface area contributed by atoms with Crippen molar-refractivity contribution in [1.29, 1.82) is 0 Å². The molecular weight excluding hydrogens is 314 g/mol. The molecule has 23 heavy (non-hydrogen) atoms. The highest BCUT2D eigenvalue weighted by molar-refractivity contribution is 7.91. The first-order valence-corrected chi connectivity index (χ1v) is 9.93. The van der Waals surface area contributed by atoms with Crippen LogP contribution in [0.2, 0.25) is 0 Å². The molecule has 1 aliphatic carbocycles. The van der Waals surface area contributed by atoms with Crippen LogP contribution in [0, 0.1) is 0 Å². The van der Waals surface area contributed by atoms with Gasteiger partial charge in [0, 0.05) is 13.1 Å². The second kappa shape index (κ2) is 6.15. The van der Waals surface area contributed by atoms with Crippen LogP contribution in [-0.4, -0.2) is 49.9 Å². The second-order valence-corrected chi connectivity index (χ2v) is 8.78. The maximum Gasteiger partial charge on any atom is 0.263 e. The van der Waals surface area contributed by atoms with Gasteiger partial charge in [-0.05, 0) is 55.9 Å². The van der Waals surface area contributed by atoms with Gasteiger partial charge in [0.15, 0.2) is 15.9 Å². The summed E-state index contributed by atoms with van der Waals surface area (Å²) < 4.78 is 28.9. The first kappa shape index (κ1) is 16.3. The minimum Gasteiger partial charge on any atom is -0.481 e. The van der Waals surface area contributed by atoms with Gasteiger partial charge in [0.25, 0.3) is 5.91 Å². The second-order valence-electron chi connectivity index (χ2n) is 6.55. The molecule has 1 aromatic rings. The number of amides is 1. The number of carbonyl (C=O) groups excluding carboxylic acids is 1. The molecule has 6 heteroatoms. The molecule has 1 aliphatic heterocycles. The monoisotopic (exact) mass is 337 g/mol. The zero-order chi connectivity index (χ0) is 16.6. The number of hydrogen-bond donors (Lipinski definition) is 0. The van der Waals surface area contributed by atoms with E-state index in [4.69, 9.17) is 4.74 Å². The molecule has 3 rings (SSSR count). The fourth-order valence-electron chi connectivity index (χ4n) is 3.42. The van der Waals surface area contributed by atoms with Crippen LogP contribution in [0.5, 0.6) is 5.75 Å². The third-order valence-electron chi connectivity index (χ3n) is 4.83. The summed E-state index contributed by atoms with van der Waals surface area (Å²) in [6, 6.07) is 5.76. The summed E-state index contributed by atoms with van der Waals surface area (Å²) in [6.07, 6.45) is 3.24. The molecule has 0 unspecified atom stereocenters. The number of benzene rings is 1. The van der Waals surface area contributed by atoms with Crippen LogP contribution >= 0.6 is 0 Å². The van der Waals surface area contributed by atoms with Crippen molar-refractivity contribution in [2.24, 2.45) is 0 Å². The molecule has 5 nitrogen and oxygen atoms in total. The van der Waals surface area contributed by atoms with E-state index in [-0.39, 0.29) is 23.5 Å². The van der Waals surface area contributed by atoms with E-state index in [9.17, 15) is 13.2 Å². The van der Waals surface area contributed by atoms with Crippen LogP contribution in [0.15, 0.2) is 18.2 Å². The third kappa shape index (κ3) is 3.52. The lowest BCUT2D eigenvalue weighted by Gasteiger charge is -2.26. The van der Waals surface area contributed by atoms with Gasteiger partial charge in [-0.25, -0.2) is 8.42 Å². The van der Waals surface area contributed by atoms with Gasteiger partial charge in [-0.3, -0.25) is 4.79 Å². The average Bonchev–Trinajstić information content (AvgIpc) is 3.11. The number of nitrogens with zero attached hydrogens (tertiary/aromatic N) is 1. The first-order valence-electron chi connectivity index (χ1n) is 8.11. The van der Waals surface area contributed by atoms with E-state index >= 15 is 0 Å². The van der Waals surface area contributed by atoms with Gasteiger partial charge in [-0.2, -0.15) is 0 Å². The Kier molecular flexibility index (Phi) is 4.36. The normalized spacial score (nSPS) is 23.3. The molecule has 0 radical (unpaired) electrons. The van der Waals surface area contributed by atoms with E-state index in [2.05, 4.69) is 6.07 Å². The molecule has 2 aliphatic rings. The zero-order valence-corrected chi connectivity index (χ0v) is 14.4. The number of carbonyl (C=O) groups is 1. The summed E-state index contributed by atoms with van der Waals surface area (Å²) in [5, 5.41) is 0. The highest BCUT2D eigenvalue weighted by atomic mass is 32.2. The van der Waals surface area contributed by atoms with Crippen LogP contribution < -0.4 is 4.74 Å². The molecule has 0 aromatic heterocycles. The Morgan fingerprint density at radius 3 is 2.74 bits per heavy atom. The van der Waals surface area contributed by atoms with Gasteiger partial charge in [0.1, 0.15) is 5.75 Å². The van der Waals surface area contributed by atoms with Crippen molar-refractivity contribution in [1.82, 2.24) is 4.90 Å². The minimum atomic E-state index is -3.00. The van der Waals surface area contributed by atoms with Crippen LogP contribution in [0.4, 0.5) is 0 Å². The van der Waals surface area contributed by atoms with Crippen LogP contribution in [-0.2, 0) is 27.5 Å². The van der Waals surface area contributed by atoms with E-state index in [0.29, 0.717) is 12.2 Å². The van der Waals surface area contributed by atoms with Crippen molar-refractivity contribution >= 4 is 15.7 Å². The van der Waals surface area contributed by atoms with E-state index in [0.717, 1.165) is 12.8 Å². The summed E-state index contributed by atoms with van der Waals surface area (Å²) in [5.74, 6) is 0.752. The average molecular weight is 337 g/mol. The summed E-state index contributed by atoms with van der Waals surface area (Å²) in [4.78, 5) is 14.0. The first-order chi connectivity index (χ1) is 10.9. The van der Waals surface area contributed by atoms with Crippen molar-refractivity contribution in [2.75, 3.05) is 18.6 Å². The molecule has 1 saturated heterocycles. The van der Waals surface area contributed by atoms with Crippen LogP contribution in [0.1, 0.15) is 30.9 Å². The molecule has 1 amide bonds. The van der Waals surface area contributed by atoms with E-state index < -0.39 is 15.9 Å². The molecule has 1 heterocycles. The summed E-state index contributed by atoms with van der Waals surface area (Å²) in [6.45, 7) is 1.72. The largest absolute Gasteiger partial charge is 0.481 e. The third-order valence-corrected chi connectivity index (χ3v) is 6.58. The Bertz CT molecular complexity index is 713. The lowest BCUT2D eigenvalue weighted by Crippen LogP contribution is -2.44. The van der Waals surface area contributed by atoms with Gasteiger partial charge in [0.2, 0.25) is 0 Å². The summed E-state index contributed by atoms with van der Waals surface area (Å²) >= 11 is 0. The fourth-order valence-corrected chi connectivity index (χ4v) is 5.20. The minimum absolute atomic E-state index is 0.0564. The molecule has 0 bridgehead atoms. The Morgan fingerprint density at radius 2 is 2.04 bits per heavy atom. The predicted octanol–water partition coefficient (Wildman–Crippen LogP) is 1.59. The van der Waals surface area contributed by atoms with Crippen LogP contribution in [0.25, 0.3) is 0 Å². The quantitative estimate of drug-likeness (QED) is 0.837. The Labute approximate surface area is 137 Å². The molecule has 0 saturated carbocycles. The van der Waals surface area contributed by atoms with Gasteiger partial charge in [-0.15, -0.1) is 0 Å². The summed E-state index contributed by atoms with van der Waals surface area (Å²) in [5.41, 5.74) is 2.67. The number of ether oxygens (including phenoxy) is 1. The Hall–Kier alpha value is -1.56. The van der Waals surface area contributed by atoms with E-state index in [1.807, 2.05) is 12.1 Å². The molecule has 1 fully saturated rings. The maximum atomic E-state index is 12.5. The number of hydrogen-bond acceptors (Lipinski definition) is 4. The standard InChI is InChI=1S/C17H23NO4S/c1-12(17(19)18(2)15-8-9-23(20,21)11-15)22-16-7-6-13-4-3-5-14(13)10-16/h6-7,10,12,15H,3-5,8-9,11H2,1-2H3/t12-,15+/m0/s1.